The van der Waals surface area contributed by atoms with Crippen molar-refractivity contribution in [1.29, 1.82) is 0 Å². The molecule has 14 heteroatoms. The Morgan fingerprint density at radius 1 is 0.980 bits per heavy atom. The number of anilines is 1. The molecule has 13 nitrogen and oxygen atoms in total. The lowest BCUT2D eigenvalue weighted by Gasteiger charge is -2.41. The molecule has 1 saturated heterocycles. The summed E-state index contributed by atoms with van der Waals surface area (Å²) >= 11 is 6.04. The van der Waals surface area contributed by atoms with Crippen LogP contribution in [0.4, 0.5) is 5.69 Å². The predicted molar refractivity (Wildman–Crippen MR) is 185 cm³/mol. The molecule has 5 rings (SSSR count). The number of rotatable bonds is 19. The van der Waals surface area contributed by atoms with Crippen LogP contribution >= 0.6 is 11.6 Å². The normalized spacial score (nSPS) is 23.7. The van der Waals surface area contributed by atoms with Gasteiger partial charge in [-0.25, -0.2) is 0 Å². The van der Waals surface area contributed by atoms with Crippen LogP contribution in [0.25, 0.3) is 0 Å². The fraction of sp³-hybridized carbons (Fsp3) is 0.639. The lowest BCUT2D eigenvalue weighted by Crippen LogP contribution is -2.58. The predicted octanol–water partition coefficient (Wildman–Crippen LogP) is 5.32. The summed E-state index contributed by atoms with van der Waals surface area (Å²) < 4.78 is 36.8. The number of nitrogens with one attached hydrogen (secondary N) is 1. The second-order valence-electron chi connectivity index (χ2n) is 13.0. The first-order valence-electron chi connectivity index (χ1n) is 17.8. The number of hydrogen-bond acceptors (Lipinski definition) is 13. The number of benzene rings is 2. The minimum Gasteiger partial charge on any atom is -0.490 e. The third-order valence-corrected chi connectivity index (χ3v) is 9.50. The molecule has 0 radical (unpaired) electrons. The van der Waals surface area contributed by atoms with Gasteiger partial charge in [0.25, 0.3) is 0 Å². The molecule has 50 heavy (non-hydrogen) atoms. The molecule has 278 valence electrons. The zero-order valence-electron chi connectivity index (χ0n) is 28.9. The summed E-state index contributed by atoms with van der Waals surface area (Å²) in [6.45, 7) is 4.60. The van der Waals surface area contributed by atoms with Crippen molar-refractivity contribution in [2.45, 2.75) is 94.9 Å². The fourth-order valence-corrected chi connectivity index (χ4v) is 6.78. The van der Waals surface area contributed by atoms with Crippen molar-refractivity contribution in [1.82, 2.24) is 10.7 Å². The van der Waals surface area contributed by atoms with Crippen LogP contribution in [0.3, 0.4) is 0 Å². The minimum atomic E-state index is -0.516. The van der Waals surface area contributed by atoms with Crippen LogP contribution in [-0.4, -0.2) is 105 Å². The average Bonchev–Trinajstić information content (AvgIpc) is 3.11. The van der Waals surface area contributed by atoms with Gasteiger partial charge in [0, 0.05) is 44.8 Å². The molecule has 1 saturated carbocycles. The Labute approximate surface area is 299 Å². The molecule has 0 aromatic heterocycles. The molecular formula is C36H52ClN3O10. The molecule has 1 aliphatic carbocycles. The van der Waals surface area contributed by atoms with Crippen molar-refractivity contribution < 1.29 is 48.5 Å². The van der Waals surface area contributed by atoms with E-state index in [1.54, 1.807) is 7.11 Å². The number of piperidine rings is 1. The first-order chi connectivity index (χ1) is 24.4. The van der Waals surface area contributed by atoms with Crippen molar-refractivity contribution in [2.75, 3.05) is 58.0 Å². The molecule has 2 aromatic carbocycles. The first kappa shape index (κ1) is 38.5. The molecule has 3 N–H and O–H groups in total. The van der Waals surface area contributed by atoms with E-state index < -0.39 is 12.2 Å². The second kappa shape index (κ2) is 20.4. The molecular weight excluding hydrogens is 670 g/mol. The van der Waals surface area contributed by atoms with E-state index in [2.05, 4.69) is 21.1 Å². The summed E-state index contributed by atoms with van der Waals surface area (Å²) in [6.07, 6.45) is 5.11. The van der Waals surface area contributed by atoms with Crippen molar-refractivity contribution in [3.63, 3.8) is 0 Å². The molecule has 0 spiro atoms. The highest BCUT2D eigenvalue weighted by atomic mass is 35.5. The van der Waals surface area contributed by atoms with Gasteiger partial charge < -0.3 is 38.6 Å². The lowest BCUT2D eigenvalue weighted by molar-refractivity contribution is -0.492. The molecule has 2 heterocycles. The van der Waals surface area contributed by atoms with Gasteiger partial charge in [0.2, 0.25) is 0 Å². The Morgan fingerprint density at radius 2 is 1.76 bits per heavy atom. The lowest BCUT2D eigenvalue weighted by atomic mass is 9.93. The number of fused-ring (bicyclic) bond motifs is 1. The van der Waals surface area contributed by atoms with Crippen molar-refractivity contribution in [3.8, 4) is 11.5 Å². The maximum atomic E-state index is 13.0. The van der Waals surface area contributed by atoms with E-state index in [1.807, 2.05) is 36.4 Å². The number of methoxy groups -OCH3 is 1. The Hall–Kier alpha value is -2.72. The quantitative estimate of drug-likeness (QED) is 0.0980. The maximum absolute atomic E-state index is 13.0. The SMILES string of the molecule is COCCCN1CCOc2ccc(COC3CNCC(OC(=O)CCCCCON(O)O)C3OC3CCC(Oc4ccc(Cl)cc4)CC3)cc21. The van der Waals surface area contributed by atoms with Crippen LogP contribution in [-0.2, 0) is 35.2 Å². The number of ether oxygens (including phenoxy) is 6. The van der Waals surface area contributed by atoms with E-state index in [0.29, 0.717) is 57.2 Å². The van der Waals surface area contributed by atoms with E-state index >= 15 is 0 Å². The Balaban J connectivity index is 1.19. The number of unbranched alkanes of at least 4 members (excludes halogenated alkanes) is 2. The Kier molecular flexibility index (Phi) is 15.7. The number of halogens is 1. The van der Waals surface area contributed by atoms with Crippen molar-refractivity contribution in [2.24, 2.45) is 0 Å². The molecule has 2 aromatic rings. The van der Waals surface area contributed by atoms with Crippen LogP contribution in [0, 0.1) is 0 Å². The highest BCUT2D eigenvalue weighted by Crippen LogP contribution is 2.34. The van der Waals surface area contributed by atoms with Gasteiger partial charge in [-0.15, -0.1) is 0 Å². The highest BCUT2D eigenvalue weighted by molar-refractivity contribution is 6.30. The Morgan fingerprint density at radius 3 is 2.54 bits per heavy atom. The molecule has 2 aliphatic heterocycles. The largest absolute Gasteiger partial charge is 0.490 e. The number of carbonyl (C=O) groups is 1. The van der Waals surface area contributed by atoms with Crippen LogP contribution in [0.5, 0.6) is 11.5 Å². The summed E-state index contributed by atoms with van der Waals surface area (Å²) in [7, 11) is 1.72. The summed E-state index contributed by atoms with van der Waals surface area (Å²) in [5.74, 6) is 1.37. The summed E-state index contributed by atoms with van der Waals surface area (Å²) in [5, 5.41) is 21.1. The molecule has 3 atom stereocenters. The molecule has 2 fully saturated rings. The van der Waals surface area contributed by atoms with Gasteiger partial charge in [-0.1, -0.05) is 24.1 Å². The number of nitrogens with zero attached hydrogens (tertiary/aromatic N) is 2. The van der Waals surface area contributed by atoms with Crippen molar-refractivity contribution in [3.05, 3.63) is 53.1 Å². The average molecular weight is 722 g/mol. The zero-order valence-corrected chi connectivity index (χ0v) is 29.6. The molecule has 3 aliphatic rings. The monoisotopic (exact) mass is 721 g/mol. The Bertz CT molecular complexity index is 1300. The smallest absolute Gasteiger partial charge is 0.306 e. The summed E-state index contributed by atoms with van der Waals surface area (Å²) in [4.78, 5) is 19.9. The molecule has 0 bridgehead atoms. The van der Waals surface area contributed by atoms with Gasteiger partial charge in [-0.2, -0.15) is 0 Å². The third-order valence-electron chi connectivity index (χ3n) is 9.25. The summed E-state index contributed by atoms with van der Waals surface area (Å²) in [5.41, 5.74) is 2.09. The van der Waals surface area contributed by atoms with Gasteiger partial charge >= 0.3 is 5.97 Å². The molecule has 3 unspecified atom stereocenters. The second-order valence-corrected chi connectivity index (χ2v) is 13.4. The van der Waals surface area contributed by atoms with Gasteiger partial charge in [0.15, 0.2) is 0 Å². The summed E-state index contributed by atoms with van der Waals surface area (Å²) in [6, 6.07) is 13.6. The van der Waals surface area contributed by atoms with Crippen LogP contribution < -0.4 is 19.7 Å². The van der Waals surface area contributed by atoms with Gasteiger partial charge in [-0.3, -0.25) is 20.0 Å². The number of carbonyl (C=O) groups excluding carboxylic acids is 1. The minimum absolute atomic E-state index is 0.0189. The van der Waals surface area contributed by atoms with E-state index in [9.17, 15) is 4.79 Å². The van der Waals surface area contributed by atoms with Crippen LogP contribution in [0.1, 0.15) is 63.4 Å². The standard InChI is InChI=1S/C36H52ClN3O10/c1-44-19-5-17-39-18-21-45-32-16-7-26(22-31(32)39)25-46-33-23-38-24-34(50-35(41)6-3-2-4-20-47-40(42)43)36(33)49-30-14-12-29(13-15-30)48-28-10-8-27(37)9-11-28/h7-11,16,22,29-30,33-34,36,38,42-43H,2-6,12-15,17-21,23-25H2,1H3. The van der Waals surface area contributed by atoms with Crippen LogP contribution in [0.15, 0.2) is 42.5 Å². The first-order valence-corrected chi connectivity index (χ1v) is 18.2. The zero-order chi connectivity index (χ0) is 35.1. The van der Waals surface area contributed by atoms with Gasteiger partial charge in [-0.05, 0) is 86.9 Å². The van der Waals surface area contributed by atoms with E-state index in [4.69, 9.17) is 50.4 Å². The third kappa shape index (κ3) is 12.2. The van der Waals surface area contributed by atoms with E-state index in [1.165, 1.54) is 0 Å². The van der Waals surface area contributed by atoms with Gasteiger partial charge in [0.1, 0.15) is 36.4 Å². The number of hydrogen-bond donors (Lipinski definition) is 3. The van der Waals surface area contributed by atoms with Gasteiger partial charge in [0.05, 0.1) is 43.0 Å². The topological polar surface area (TPSA) is 141 Å². The van der Waals surface area contributed by atoms with Crippen molar-refractivity contribution >= 4 is 23.3 Å². The molecule has 0 amide bonds. The fourth-order valence-electron chi connectivity index (χ4n) is 6.66. The van der Waals surface area contributed by atoms with E-state index in [0.717, 1.165) is 67.9 Å². The van der Waals surface area contributed by atoms with E-state index in [-0.39, 0.29) is 42.7 Å². The maximum Gasteiger partial charge on any atom is 0.306 e. The highest BCUT2D eigenvalue weighted by Gasteiger charge is 2.40. The van der Waals surface area contributed by atoms with Crippen LogP contribution in [0.2, 0.25) is 5.02 Å². The number of esters is 1.